The number of hydrogen-bond acceptors (Lipinski definition) is 6. The molecule has 1 saturated carbocycles. The molecular weight excluding hydrogens is 486 g/mol. The fourth-order valence-corrected chi connectivity index (χ4v) is 6.44. The Bertz CT molecular complexity index is 1510. The Morgan fingerprint density at radius 3 is 2.54 bits per heavy atom. The normalized spacial score (nSPS) is 18.1. The van der Waals surface area contributed by atoms with Gasteiger partial charge in [-0.3, -0.25) is 9.69 Å². The topological polar surface area (TPSA) is 82.9 Å². The summed E-state index contributed by atoms with van der Waals surface area (Å²) in [7, 11) is 0. The van der Waals surface area contributed by atoms with E-state index in [1.54, 1.807) is 0 Å². The van der Waals surface area contributed by atoms with Crippen LogP contribution < -0.4 is 10.5 Å². The molecule has 2 aromatic heterocycles. The molecule has 1 aliphatic carbocycles. The molecule has 0 spiro atoms. The molecule has 2 aliphatic rings. The zero-order valence-corrected chi connectivity index (χ0v) is 23.4. The maximum absolute atomic E-state index is 13.7. The highest BCUT2D eigenvalue weighted by Crippen LogP contribution is 2.34. The van der Waals surface area contributed by atoms with Crippen molar-refractivity contribution in [3.05, 3.63) is 80.9 Å². The Balaban J connectivity index is 1.39. The lowest BCUT2D eigenvalue weighted by Gasteiger charge is -2.40. The summed E-state index contributed by atoms with van der Waals surface area (Å²) in [6, 6.07) is 15.0. The average molecular weight is 526 g/mol. The number of fused-ring (bicyclic) bond motifs is 1. The zero-order valence-electron chi connectivity index (χ0n) is 23.4. The molecule has 0 radical (unpaired) electrons. The van der Waals surface area contributed by atoms with Gasteiger partial charge in [0.2, 0.25) is 0 Å². The number of H-pyrrole nitrogens is 1. The molecule has 0 amide bonds. The van der Waals surface area contributed by atoms with Crippen molar-refractivity contribution in [2.24, 2.45) is 0 Å². The van der Waals surface area contributed by atoms with E-state index in [0.717, 1.165) is 67.7 Å². The number of nitrogens with zero attached hydrogens (tertiary/aromatic N) is 6. The fraction of sp³-hybridized carbons (Fsp3) is 0.484. The van der Waals surface area contributed by atoms with Crippen molar-refractivity contribution < 1.29 is 0 Å². The molecule has 2 aromatic carbocycles. The van der Waals surface area contributed by atoms with Gasteiger partial charge in [0.25, 0.3) is 5.56 Å². The molecule has 0 unspecified atom stereocenters. The summed E-state index contributed by atoms with van der Waals surface area (Å²) < 4.78 is 2.03. The number of benzene rings is 2. The summed E-state index contributed by atoms with van der Waals surface area (Å²) >= 11 is 0. The largest absolute Gasteiger partial charge is 0.369 e. The molecule has 2 fully saturated rings. The lowest BCUT2D eigenvalue weighted by atomic mass is 9.95. The van der Waals surface area contributed by atoms with E-state index in [0.29, 0.717) is 0 Å². The van der Waals surface area contributed by atoms with E-state index in [1.807, 2.05) is 10.7 Å². The van der Waals surface area contributed by atoms with Crippen LogP contribution in [0.2, 0.25) is 0 Å². The van der Waals surface area contributed by atoms with Gasteiger partial charge < -0.3 is 9.88 Å². The van der Waals surface area contributed by atoms with Crippen LogP contribution in [-0.2, 0) is 6.42 Å². The predicted molar refractivity (Wildman–Crippen MR) is 155 cm³/mol. The minimum absolute atomic E-state index is 0.0631. The predicted octanol–water partition coefficient (Wildman–Crippen LogP) is 5.11. The minimum atomic E-state index is -0.305. The highest BCUT2D eigenvalue weighted by atomic mass is 16.1. The molecule has 1 saturated heterocycles. The van der Waals surface area contributed by atoms with Crippen LogP contribution in [0.1, 0.15) is 79.2 Å². The average Bonchev–Trinajstić information content (AvgIpc) is 3.45. The lowest BCUT2D eigenvalue weighted by Crippen LogP contribution is -2.49. The number of rotatable bonds is 6. The molecule has 6 rings (SSSR count). The van der Waals surface area contributed by atoms with E-state index in [-0.39, 0.29) is 17.6 Å². The van der Waals surface area contributed by atoms with E-state index in [9.17, 15) is 4.79 Å². The first kappa shape index (κ1) is 25.7. The number of pyridine rings is 1. The van der Waals surface area contributed by atoms with Crippen LogP contribution >= 0.6 is 0 Å². The molecule has 8 heteroatoms. The number of anilines is 1. The van der Waals surface area contributed by atoms with Gasteiger partial charge >= 0.3 is 0 Å². The van der Waals surface area contributed by atoms with Gasteiger partial charge in [-0.1, -0.05) is 44.4 Å². The second-order valence-corrected chi connectivity index (χ2v) is 11.3. The molecule has 39 heavy (non-hydrogen) atoms. The van der Waals surface area contributed by atoms with Crippen molar-refractivity contribution in [3.8, 4) is 0 Å². The lowest BCUT2D eigenvalue weighted by molar-refractivity contribution is 0.192. The van der Waals surface area contributed by atoms with Crippen LogP contribution in [0, 0.1) is 13.8 Å². The van der Waals surface area contributed by atoms with Crippen LogP contribution in [-0.4, -0.2) is 56.3 Å². The van der Waals surface area contributed by atoms with Gasteiger partial charge in [-0.15, -0.1) is 5.10 Å². The number of aryl methyl sites for hydroxylation is 3. The molecule has 4 aromatic rings. The quantitative estimate of drug-likeness (QED) is 0.377. The summed E-state index contributed by atoms with van der Waals surface area (Å²) in [5.74, 6) is 0.790. The molecule has 0 bridgehead atoms. The van der Waals surface area contributed by atoms with Gasteiger partial charge in [0.1, 0.15) is 6.04 Å². The van der Waals surface area contributed by atoms with Crippen molar-refractivity contribution in [2.75, 3.05) is 31.1 Å². The van der Waals surface area contributed by atoms with Crippen molar-refractivity contribution in [1.82, 2.24) is 30.1 Å². The second kappa shape index (κ2) is 10.9. The van der Waals surface area contributed by atoms with Gasteiger partial charge in [0.05, 0.1) is 6.04 Å². The van der Waals surface area contributed by atoms with Crippen molar-refractivity contribution in [1.29, 1.82) is 0 Å². The standard InChI is InChI=1S/C31H39N7O/c1-4-23-12-13-27-24(19-23)20-26(31(39)32-27)29(30-33-34-35-38(30)25-8-6-5-7-9-25)37-16-14-36(15-17-37)28-18-21(2)10-11-22(28)3/h10-13,18-20,25,29H,4-9,14-17H2,1-3H3,(H,32,39)/t29-/m0/s1. The number of aromatic amines is 1. The molecule has 3 heterocycles. The van der Waals surface area contributed by atoms with Crippen molar-refractivity contribution in [2.45, 2.75) is 71.4 Å². The van der Waals surface area contributed by atoms with Crippen molar-refractivity contribution in [3.63, 3.8) is 0 Å². The van der Waals surface area contributed by atoms with Crippen LogP contribution in [0.5, 0.6) is 0 Å². The summed E-state index contributed by atoms with van der Waals surface area (Å²) in [5, 5.41) is 14.3. The molecule has 1 N–H and O–H groups in total. The van der Waals surface area contributed by atoms with E-state index >= 15 is 0 Å². The Kier molecular flexibility index (Phi) is 7.21. The van der Waals surface area contributed by atoms with Gasteiger partial charge in [0, 0.05) is 42.9 Å². The first-order chi connectivity index (χ1) is 19.0. The van der Waals surface area contributed by atoms with Crippen LogP contribution in [0.25, 0.3) is 10.9 Å². The SMILES string of the molecule is CCc1ccc2[nH]c(=O)c([C@@H](c3nnnn3C3CCCCC3)N3CCN(c4cc(C)ccc4C)CC3)cc2c1. The van der Waals surface area contributed by atoms with E-state index < -0.39 is 0 Å². The Labute approximate surface area is 230 Å². The molecule has 204 valence electrons. The first-order valence-electron chi connectivity index (χ1n) is 14.5. The zero-order chi connectivity index (χ0) is 26.9. The molecular formula is C31H39N7O. The summed E-state index contributed by atoms with van der Waals surface area (Å²) in [6.45, 7) is 9.90. The van der Waals surface area contributed by atoms with E-state index in [2.05, 4.69) is 87.5 Å². The Hall–Kier alpha value is -3.52. The van der Waals surface area contributed by atoms with E-state index in [4.69, 9.17) is 0 Å². The van der Waals surface area contributed by atoms with Crippen LogP contribution in [0.3, 0.4) is 0 Å². The summed E-state index contributed by atoms with van der Waals surface area (Å²) in [6.07, 6.45) is 6.77. The van der Waals surface area contributed by atoms with Crippen LogP contribution in [0.4, 0.5) is 5.69 Å². The fourth-order valence-electron chi connectivity index (χ4n) is 6.44. The van der Waals surface area contributed by atoms with E-state index in [1.165, 1.54) is 41.6 Å². The third kappa shape index (κ3) is 5.10. The molecule has 8 nitrogen and oxygen atoms in total. The van der Waals surface area contributed by atoms with Gasteiger partial charge in [-0.05, 0) is 89.9 Å². The Morgan fingerprint density at radius 1 is 0.974 bits per heavy atom. The third-order valence-electron chi connectivity index (χ3n) is 8.71. The number of aromatic nitrogens is 5. The number of tetrazole rings is 1. The van der Waals surface area contributed by atoms with Crippen molar-refractivity contribution >= 4 is 16.6 Å². The maximum Gasteiger partial charge on any atom is 0.253 e. The third-order valence-corrected chi connectivity index (χ3v) is 8.71. The van der Waals surface area contributed by atoms with Gasteiger partial charge in [0.15, 0.2) is 5.82 Å². The molecule has 1 aliphatic heterocycles. The minimum Gasteiger partial charge on any atom is -0.369 e. The number of piperazine rings is 1. The Morgan fingerprint density at radius 2 is 1.77 bits per heavy atom. The van der Waals surface area contributed by atoms with Gasteiger partial charge in [-0.25, -0.2) is 4.68 Å². The highest BCUT2D eigenvalue weighted by molar-refractivity contribution is 5.80. The number of hydrogen-bond donors (Lipinski definition) is 1. The highest BCUT2D eigenvalue weighted by Gasteiger charge is 2.34. The number of nitrogens with one attached hydrogen (secondary N) is 1. The second-order valence-electron chi connectivity index (χ2n) is 11.3. The first-order valence-corrected chi connectivity index (χ1v) is 14.5. The summed E-state index contributed by atoms with van der Waals surface area (Å²) in [5.41, 5.74) is 6.65. The summed E-state index contributed by atoms with van der Waals surface area (Å²) in [4.78, 5) is 21.7. The smallest absolute Gasteiger partial charge is 0.253 e. The monoisotopic (exact) mass is 525 g/mol. The molecule has 1 atom stereocenters. The maximum atomic E-state index is 13.7. The van der Waals surface area contributed by atoms with Crippen LogP contribution in [0.15, 0.2) is 47.3 Å². The van der Waals surface area contributed by atoms with Gasteiger partial charge in [-0.2, -0.15) is 0 Å².